The van der Waals surface area contributed by atoms with E-state index in [1.54, 1.807) is 102 Å². The minimum absolute atomic E-state index is 0.217. The van der Waals surface area contributed by atoms with Crippen LogP contribution in [-0.4, -0.2) is 70.0 Å². The van der Waals surface area contributed by atoms with E-state index in [0.29, 0.717) is 0 Å². The summed E-state index contributed by atoms with van der Waals surface area (Å²) in [5.41, 5.74) is 0. The van der Waals surface area contributed by atoms with Crippen molar-refractivity contribution in [1.29, 1.82) is 0 Å². The highest BCUT2D eigenvalue weighted by Gasteiger charge is 2.48. The fraction of sp³-hybridized carbons (Fsp3) is 1.00. The van der Waals surface area contributed by atoms with E-state index in [4.69, 9.17) is 26.6 Å². The van der Waals surface area contributed by atoms with E-state index in [9.17, 15) is 0 Å². The Balaban J connectivity index is 4.50. The van der Waals surface area contributed by atoms with Crippen molar-refractivity contribution in [2.75, 3.05) is 42.7 Å². The molecule has 0 saturated carbocycles. The molecule has 0 heterocycles. The fourth-order valence-electron chi connectivity index (χ4n) is 5.31. The molecule has 6 nitrogen and oxygen atoms in total. The zero-order valence-electron chi connectivity index (χ0n) is 30.0. The van der Waals surface area contributed by atoms with E-state index in [1.807, 2.05) is 21.6 Å². The largest absolute Gasteiger partial charge is 0.514 e. The summed E-state index contributed by atoms with van der Waals surface area (Å²) in [5, 5.41) is 0. The number of rotatable bonds is 37. The molecule has 2 unspecified atom stereocenters. The molecular weight excluding hydrogens is 769 g/mol. The molecule has 0 rings (SSSR count). The van der Waals surface area contributed by atoms with E-state index in [1.165, 1.54) is 116 Å². The molecule has 0 aliphatic rings. The van der Waals surface area contributed by atoms with Gasteiger partial charge in [0.05, 0.1) is 9.75 Å². The Morgan fingerprint density at radius 2 is 0.587 bits per heavy atom. The van der Waals surface area contributed by atoms with Gasteiger partial charge in [0.1, 0.15) is 0 Å². The molecule has 0 saturated heterocycles. The topological polar surface area (TPSA) is 55.4 Å². The van der Waals surface area contributed by atoms with Crippen LogP contribution in [-0.2, 0) is 26.6 Å². The molecule has 0 aromatic heterocycles. The highest BCUT2D eigenvalue weighted by Crippen LogP contribution is 2.59. The highest BCUT2D eigenvalue weighted by atomic mass is 34.0. The molecule has 0 bridgehead atoms. The summed E-state index contributed by atoms with van der Waals surface area (Å²) in [7, 11) is 19.4. The second-order valence-corrected chi connectivity index (χ2v) is 31.6. The molecule has 0 fully saturated rings. The molecule has 0 aliphatic carbocycles. The van der Waals surface area contributed by atoms with Gasteiger partial charge in [0.2, 0.25) is 0 Å². The fourth-order valence-corrected chi connectivity index (χ4v) is 33.0. The third kappa shape index (κ3) is 22.8. The number of unbranched alkanes of at least 4 members (excludes halogenated alkanes) is 16. The van der Waals surface area contributed by atoms with E-state index < -0.39 is 17.6 Å². The van der Waals surface area contributed by atoms with Crippen molar-refractivity contribution >= 4 is 98.2 Å². The first kappa shape index (κ1) is 49.0. The first-order valence-corrected chi connectivity index (χ1v) is 31.0. The van der Waals surface area contributed by atoms with Crippen LogP contribution in [0.15, 0.2) is 0 Å². The molecule has 0 radical (unpaired) electrons. The number of hydrogen-bond donors (Lipinski definition) is 0. The van der Waals surface area contributed by atoms with Gasteiger partial charge in [-0.2, -0.15) is 0 Å². The average molecular weight is 836 g/mol. The Kier molecular flexibility index (Phi) is 37.3. The Morgan fingerprint density at radius 3 is 0.848 bits per heavy atom. The molecule has 0 amide bonds. The van der Waals surface area contributed by atoms with Crippen LogP contribution in [0.1, 0.15) is 142 Å². The van der Waals surface area contributed by atoms with Crippen LogP contribution in [0.3, 0.4) is 0 Å². The minimum atomic E-state index is -2.72. The van der Waals surface area contributed by atoms with Crippen molar-refractivity contribution < 1.29 is 26.6 Å². The summed E-state index contributed by atoms with van der Waals surface area (Å²) < 4.78 is 35.3. The van der Waals surface area contributed by atoms with Crippen LogP contribution in [0.25, 0.3) is 0 Å². The van der Waals surface area contributed by atoms with Gasteiger partial charge in [-0.3, -0.25) is 0 Å². The third-order valence-corrected chi connectivity index (χ3v) is 32.6. The van der Waals surface area contributed by atoms with Gasteiger partial charge in [-0.1, -0.05) is 151 Å². The maximum atomic E-state index is 5.89. The first-order chi connectivity index (χ1) is 22.5. The second kappa shape index (κ2) is 35.0. The van der Waals surface area contributed by atoms with Gasteiger partial charge in [-0.25, -0.2) is 0 Å². The molecule has 278 valence electrons. The van der Waals surface area contributed by atoms with Crippen LogP contribution in [0.4, 0.5) is 0 Å². The summed E-state index contributed by atoms with van der Waals surface area (Å²) in [4.78, 5) is 0.435. The standard InChI is InChI=1S/C30H66O6S8Si2/c1-9-11-13-15-17-19-21-23-25-27-29(45(31-3,32-4)33-5)37-39-41-43-44-42-40-38-30(46(34-6,35-7)36-8)28-26-24-22-20-18-16-14-12-10-2/h29-30H,9-28H2,1-8H3. The monoisotopic (exact) mass is 834 g/mol. The number of hydrogen-bond acceptors (Lipinski definition) is 14. The maximum Gasteiger partial charge on any atom is 0.514 e. The first-order valence-electron chi connectivity index (χ1n) is 17.1. The molecule has 46 heavy (non-hydrogen) atoms. The Bertz CT molecular complexity index is 578. The Morgan fingerprint density at radius 1 is 0.348 bits per heavy atom. The van der Waals surface area contributed by atoms with Gasteiger partial charge in [-0.15, -0.1) is 0 Å². The van der Waals surface area contributed by atoms with Crippen molar-refractivity contribution in [2.24, 2.45) is 0 Å². The highest BCUT2D eigenvalue weighted by molar-refractivity contribution is 9.48. The van der Waals surface area contributed by atoms with Crippen LogP contribution >= 0.6 is 80.5 Å². The molecule has 16 heteroatoms. The SMILES string of the molecule is CCCCCCCCCCCC(SSSSSSSSC(CCCCCCCCCCC)[Si](OC)(OC)OC)[Si](OC)(OC)OC. The summed E-state index contributed by atoms with van der Waals surface area (Å²) in [6, 6.07) is 0. The lowest BCUT2D eigenvalue weighted by molar-refractivity contribution is 0.120. The van der Waals surface area contributed by atoms with E-state index in [-0.39, 0.29) is 9.75 Å². The summed E-state index contributed by atoms with van der Waals surface area (Å²) in [5.74, 6) is 0. The summed E-state index contributed by atoms with van der Waals surface area (Å²) in [6.45, 7) is 4.55. The van der Waals surface area contributed by atoms with E-state index in [2.05, 4.69) is 13.8 Å². The molecule has 0 aromatic carbocycles. The lowest BCUT2D eigenvalue weighted by Gasteiger charge is -2.31. The lowest BCUT2D eigenvalue weighted by atomic mass is 10.1. The predicted octanol–water partition coefficient (Wildman–Crippen LogP) is 13.7. The molecule has 0 aromatic rings. The Hall–Kier alpha value is 2.99. The zero-order chi connectivity index (χ0) is 34.2. The van der Waals surface area contributed by atoms with Crippen LogP contribution in [0, 0.1) is 0 Å². The van der Waals surface area contributed by atoms with Crippen molar-refractivity contribution in [1.82, 2.24) is 0 Å². The lowest BCUT2D eigenvalue weighted by Crippen LogP contribution is -2.52. The van der Waals surface area contributed by atoms with Crippen LogP contribution in [0.5, 0.6) is 0 Å². The minimum Gasteiger partial charge on any atom is -0.376 e. The maximum absolute atomic E-state index is 5.89. The van der Waals surface area contributed by atoms with Gasteiger partial charge in [0, 0.05) is 42.7 Å². The third-order valence-electron chi connectivity index (χ3n) is 8.09. The van der Waals surface area contributed by atoms with Crippen molar-refractivity contribution in [3.63, 3.8) is 0 Å². The predicted molar refractivity (Wildman–Crippen MR) is 226 cm³/mol. The Labute approximate surface area is 316 Å². The van der Waals surface area contributed by atoms with Crippen molar-refractivity contribution in [3.8, 4) is 0 Å². The van der Waals surface area contributed by atoms with Gasteiger partial charge >= 0.3 is 17.6 Å². The van der Waals surface area contributed by atoms with Gasteiger partial charge in [0.25, 0.3) is 0 Å². The average Bonchev–Trinajstić information content (AvgIpc) is 3.08. The molecule has 0 aliphatic heterocycles. The van der Waals surface area contributed by atoms with E-state index >= 15 is 0 Å². The quantitative estimate of drug-likeness (QED) is 0.0339. The van der Waals surface area contributed by atoms with Crippen molar-refractivity contribution in [3.05, 3.63) is 0 Å². The van der Waals surface area contributed by atoms with Gasteiger partial charge < -0.3 is 26.6 Å². The van der Waals surface area contributed by atoms with E-state index in [0.717, 1.165) is 12.8 Å². The van der Waals surface area contributed by atoms with Gasteiger partial charge in [0.15, 0.2) is 0 Å². The molecule has 0 spiro atoms. The summed E-state index contributed by atoms with van der Waals surface area (Å²) >= 11 is 0. The molecule has 2 atom stereocenters. The zero-order valence-corrected chi connectivity index (χ0v) is 38.5. The summed E-state index contributed by atoms with van der Waals surface area (Å²) in [6.07, 6.45) is 26.0. The smallest absolute Gasteiger partial charge is 0.376 e. The second-order valence-electron chi connectivity index (χ2n) is 11.2. The van der Waals surface area contributed by atoms with Crippen molar-refractivity contribution in [2.45, 2.75) is 152 Å². The normalized spacial score (nSPS) is 13.8. The van der Waals surface area contributed by atoms with Crippen LogP contribution < -0.4 is 0 Å². The molecule has 0 N–H and O–H groups in total. The van der Waals surface area contributed by atoms with Crippen LogP contribution in [0.2, 0.25) is 0 Å². The van der Waals surface area contributed by atoms with Gasteiger partial charge in [-0.05, 0) is 71.8 Å². The molecular formula is C30H66O6S8Si2.